The molecule has 0 unspecified atom stereocenters. The third-order valence-corrected chi connectivity index (χ3v) is 5.15. The van der Waals surface area contributed by atoms with Crippen molar-refractivity contribution in [2.75, 3.05) is 0 Å². The van der Waals surface area contributed by atoms with Gasteiger partial charge in [-0.3, -0.25) is 9.59 Å². The first-order valence-corrected chi connectivity index (χ1v) is 11.5. The number of carboxylic acid groups (broad SMARTS) is 1. The van der Waals surface area contributed by atoms with Crippen molar-refractivity contribution in [1.82, 2.24) is 5.32 Å². The lowest BCUT2D eigenvalue weighted by molar-refractivity contribution is -0.137. The minimum absolute atomic E-state index is 0.102. The third kappa shape index (κ3) is 20.8. The van der Waals surface area contributed by atoms with Gasteiger partial charge in [-0.2, -0.15) is 0 Å². The van der Waals surface area contributed by atoms with Crippen LogP contribution in [-0.2, 0) is 19.2 Å². The molecule has 0 fully saturated rings. The Morgan fingerprint density at radius 3 is 1.48 bits per heavy atom. The lowest BCUT2D eigenvalue weighted by atomic mass is 10.0. The van der Waals surface area contributed by atoms with Gasteiger partial charge in [0.25, 0.3) is 0 Å². The fourth-order valence-corrected chi connectivity index (χ4v) is 3.38. The highest BCUT2D eigenvalue weighted by Gasteiger charge is 2.10. The number of aldehydes is 2. The van der Waals surface area contributed by atoms with Gasteiger partial charge in [-0.15, -0.1) is 0 Å². The molecule has 0 spiro atoms. The number of carbonyl (C=O) groups excluding carboxylic acids is 3. The summed E-state index contributed by atoms with van der Waals surface area (Å²) < 4.78 is 0. The maximum Gasteiger partial charge on any atom is 0.303 e. The predicted octanol–water partition coefficient (Wildman–Crippen LogP) is 4.98. The maximum atomic E-state index is 11.8. The van der Waals surface area contributed by atoms with E-state index in [9.17, 15) is 19.2 Å². The van der Waals surface area contributed by atoms with Crippen molar-refractivity contribution in [1.29, 1.82) is 0 Å². The average molecular weight is 412 g/mol. The monoisotopic (exact) mass is 411 g/mol. The quantitative estimate of drug-likeness (QED) is 0.193. The highest BCUT2D eigenvalue weighted by atomic mass is 16.4. The van der Waals surface area contributed by atoms with E-state index in [1.807, 2.05) is 0 Å². The zero-order valence-corrected chi connectivity index (χ0v) is 18.0. The van der Waals surface area contributed by atoms with Crippen LogP contribution in [0.5, 0.6) is 0 Å². The molecule has 6 nitrogen and oxygen atoms in total. The fraction of sp³-hybridized carbons (Fsp3) is 0.826. The minimum atomic E-state index is -0.689. The molecule has 0 heterocycles. The lowest BCUT2D eigenvalue weighted by Crippen LogP contribution is -2.35. The zero-order chi connectivity index (χ0) is 21.6. The van der Waals surface area contributed by atoms with Crippen molar-refractivity contribution < 1.29 is 24.3 Å². The first-order valence-electron chi connectivity index (χ1n) is 11.5. The molecule has 0 aliphatic carbocycles. The third-order valence-electron chi connectivity index (χ3n) is 5.15. The molecule has 0 aliphatic rings. The van der Waals surface area contributed by atoms with Crippen LogP contribution < -0.4 is 5.32 Å². The van der Waals surface area contributed by atoms with Crippen LogP contribution in [-0.4, -0.2) is 35.6 Å². The normalized spacial score (nSPS) is 11.7. The number of nitrogens with one attached hydrogen (secondary N) is 1. The summed E-state index contributed by atoms with van der Waals surface area (Å²) in [4.78, 5) is 43.3. The largest absolute Gasteiger partial charge is 0.481 e. The zero-order valence-electron chi connectivity index (χ0n) is 18.0. The van der Waals surface area contributed by atoms with Crippen molar-refractivity contribution in [3.63, 3.8) is 0 Å². The van der Waals surface area contributed by atoms with Gasteiger partial charge in [0.2, 0.25) is 5.91 Å². The number of carbonyl (C=O) groups is 4. The SMILES string of the molecule is O=CCC[C@@H](C=O)NC(=O)CCCCCCCCCCCCCCCCC(=O)O. The number of hydrogen-bond donors (Lipinski definition) is 2. The molecule has 0 bridgehead atoms. The topological polar surface area (TPSA) is 101 Å². The van der Waals surface area contributed by atoms with Crippen LogP contribution >= 0.6 is 0 Å². The summed E-state index contributed by atoms with van der Waals surface area (Å²) in [5.74, 6) is -0.791. The van der Waals surface area contributed by atoms with E-state index < -0.39 is 12.0 Å². The van der Waals surface area contributed by atoms with Crippen molar-refractivity contribution in [3.05, 3.63) is 0 Å². The highest BCUT2D eigenvalue weighted by Crippen LogP contribution is 2.13. The summed E-state index contributed by atoms with van der Waals surface area (Å²) in [5.41, 5.74) is 0. The molecule has 1 atom stereocenters. The molecule has 6 heteroatoms. The lowest BCUT2D eigenvalue weighted by Gasteiger charge is -2.11. The molecule has 2 N–H and O–H groups in total. The number of hydrogen-bond acceptors (Lipinski definition) is 4. The molecule has 1 amide bonds. The Kier molecular flexibility index (Phi) is 19.8. The summed E-state index contributed by atoms with van der Waals surface area (Å²) in [6.07, 6.45) is 19.0. The number of carboxylic acids is 1. The Morgan fingerprint density at radius 1 is 0.690 bits per heavy atom. The van der Waals surface area contributed by atoms with Gasteiger partial charge < -0.3 is 20.0 Å². The van der Waals surface area contributed by atoms with E-state index >= 15 is 0 Å². The molecule has 168 valence electrons. The Hall–Kier alpha value is -1.72. The standard InChI is InChI=1S/C23H41NO5/c25-19-15-16-21(20-26)24-22(27)17-13-11-9-7-5-3-1-2-4-6-8-10-12-14-18-23(28)29/h19-21H,1-18H2,(H,24,27)(H,28,29)/t21-/m0/s1. The fourth-order valence-electron chi connectivity index (χ4n) is 3.38. The maximum absolute atomic E-state index is 11.8. The van der Waals surface area contributed by atoms with E-state index in [1.165, 1.54) is 51.4 Å². The Balaban J connectivity index is 3.29. The molecule has 0 aliphatic heterocycles. The van der Waals surface area contributed by atoms with Crippen LogP contribution in [0.2, 0.25) is 0 Å². The molecule has 0 rings (SSSR count). The number of amides is 1. The number of rotatable bonds is 22. The van der Waals surface area contributed by atoms with E-state index in [0.717, 1.165) is 44.8 Å². The Morgan fingerprint density at radius 2 is 1.10 bits per heavy atom. The van der Waals surface area contributed by atoms with Gasteiger partial charge in [0.1, 0.15) is 12.6 Å². The highest BCUT2D eigenvalue weighted by molar-refractivity contribution is 5.79. The average Bonchev–Trinajstić information content (AvgIpc) is 2.70. The predicted molar refractivity (Wildman–Crippen MR) is 115 cm³/mol. The van der Waals surface area contributed by atoms with E-state index in [-0.39, 0.29) is 12.3 Å². The second kappa shape index (κ2) is 21.0. The van der Waals surface area contributed by atoms with Crippen molar-refractivity contribution >= 4 is 24.4 Å². The Labute approximate surface area is 176 Å². The summed E-state index contributed by atoms with van der Waals surface area (Å²) in [5, 5.41) is 11.2. The Bertz CT molecular complexity index is 439. The second-order valence-corrected chi connectivity index (χ2v) is 7.90. The summed E-state index contributed by atoms with van der Waals surface area (Å²) in [6, 6.07) is -0.537. The van der Waals surface area contributed by atoms with Crippen molar-refractivity contribution in [2.24, 2.45) is 0 Å². The van der Waals surface area contributed by atoms with Crippen LogP contribution in [0.25, 0.3) is 0 Å². The molecular weight excluding hydrogens is 370 g/mol. The van der Waals surface area contributed by atoms with Crippen LogP contribution in [0.3, 0.4) is 0 Å². The van der Waals surface area contributed by atoms with Gasteiger partial charge in [0, 0.05) is 19.3 Å². The molecule has 0 aromatic rings. The van der Waals surface area contributed by atoms with E-state index in [4.69, 9.17) is 5.11 Å². The summed E-state index contributed by atoms with van der Waals surface area (Å²) in [6.45, 7) is 0. The number of aliphatic carboxylic acids is 1. The van der Waals surface area contributed by atoms with Crippen LogP contribution in [0.4, 0.5) is 0 Å². The van der Waals surface area contributed by atoms with Gasteiger partial charge in [0.15, 0.2) is 0 Å². The number of unbranched alkanes of at least 4 members (excludes halogenated alkanes) is 13. The van der Waals surface area contributed by atoms with Gasteiger partial charge in [-0.25, -0.2) is 0 Å². The summed E-state index contributed by atoms with van der Waals surface area (Å²) >= 11 is 0. The first-order chi connectivity index (χ1) is 14.1. The van der Waals surface area contributed by atoms with E-state index in [0.29, 0.717) is 25.5 Å². The summed E-state index contributed by atoms with van der Waals surface area (Å²) in [7, 11) is 0. The molecule has 0 aromatic carbocycles. The second-order valence-electron chi connectivity index (χ2n) is 7.90. The van der Waals surface area contributed by atoms with Gasteiger partial charge in [-0.05, 0) is 19.3 Å². The van der Waals surface area contributed by atoms with Crippen molar-refractivity contribution in [3.8, 4) is 0 Å². The molecule has 29 heavy (non-hydrogen) atoms. The van der Waals surface area contributed by atoms with E-state index in [2.05, 4.69) is 5.32 Å². The van der Waals surface area contributed by atoms with E-state index in [1.54, 1.807) is 0 Å². The molecule has 0 saturated carbocycles. The smallest absolute Gasteiger partial charge is 0.303 e. The molecule has 0 aromatic heterocycles. The first kappa shape index (κ1) is 27.3. The van der Waals surface area contributed by atoms with Crippen molar-refractivity contribution in [2.45, 2.75) is 122 Å². The van der Waals surface area contributed by atoms with Crippen LogP contribution in [0.15, 0.2) is 0 Å². The van der Waals surface area contributed by atoms with Gasteiger partial charge in [0.05, 0.1) is 6.04 Å². The minimum Gasteiger partial charge on any atom is -0.481 e. The molecular formula is C23H41NO5. The molecule has 0 saturated heterocycles. The van der Waals surface area contributed by atoms with Gasteiger partial charge in [-0.1, -0.05) is 77.0 Å². The molecule has 0 radical (unpaired) electrons. The van der Waals surface area contributed by atoms with Crippen LogP contribution in [0.1, 0.15) is 116 Å². The van der Waals surface area contributed by atoms with Crippen LogP contribution in [0, 0.1) is 0 Å². The van der Waals surface area contributed by atoms with Gasteiger partial charge >= 0.3 is 5.97 Å².